The highest BCUT2D eigenvalue weighted by Crippen LogP contribution is 2.19. The highest BCUT2D eigenvalue weighted by atomic mass is 16.2. The van der Waals surface area contributed by atoms with Crippen molar-refractivity contribution in [1.82, 2.24) is 25.4 Å². The van der Waals surface area contributed by atoms with Gasteiger partial charge in [0.1, 0.15) is 0 Å². The molecule has 3 rings (SSSR count). The van der Waals surface area contributed by atoms with Gasteiger partial charge in [0.05, 0.1) is 12.2 Å². The summed E-state index contributed by atoms with van der Waals surface area (Å²) >= 11 is 0. The summed E-state index contributed by atoms with van der Waals surface area (Å²) in [6, 6.07) is 15.1. The van der Waals surface area contributed by atoms with Gasteiger partial charge in [0.25, 0.3) is 0 Å². The van der Waals surface area contributed by atoms with Crippen LogP contribution in [0.25, 0.3) is 5.82 Å². The maximum absolute atomic E-state index is 12.1. The summed E-state index contributed by atoms with van der Waals surface area (Å²) in [4.78, 5) is 16.4. The smallest absolute Gasteiger partial charge is 0.315 e. The van der Waals surface area contributed by atoms with Crippen LogP contribution < -0.4 is 10.6 Å². The first-order valence-corrected chi connectivity index (χ1v) is 8.19. The first kappa shape index (κ1) is 16.7. The van der Waals surface area contributed by atoms with Crippen molar-refractivity contribution < 1.29 is 4.79 Å². The Hall–Kier alpha value is -3.15. The molecule has 2 amide bonds. The van der Waals surface area contributed by atoms with Gasteiger partial charge in [0, 0.05) is 24.0 Å². The molecule has 0 aliphatic carbocycles. The second-order valence-electron chi connectivity index (χ2n) is 5.82. The van der Waals surface area contributed by atoms with E-state index in [9.17, 15) is 4.79 Å². The van der Waals surface area contributed by atoms with Gasteiger partial charge in [-0.25, -0.2) is 14.5 Å². The first-order valence-electron chi connectivity index (χ1n) is 8.19. The summed E-state index contributed by atoms with van der Waals surface area (Å²) in [7, 11) is 0. The topological polar surface area (TPSA) is 71.8 Å². The number of benzene rings is 1. The highest BCUT2D eigenvalue weighted by Gasteiger charge is 2.16. The number of hydrogen-bond donors (Lipinski definition) is 2. The van der Waals surface area contributed by atoms with Gasteiger partial charge in [-0.1, -0.05) is 36.4 Å². The largest absolute Gasteiger partial charge is 0.334 e. The van der Waals surface area contributed by atoms with Crippen LogP contribution in [0.5, 0.6) is 0 Å². The first-order chi connectivity index (χ1) is 12.1. The van der Waals surface area contributed by atoms with Crippen molar-refractivity contribution in [2.45, 2.75) is 26.4 Å². The molecule has 2 N–H and O–H groups in total. The molecule has 0 spiro atoms. The Morgan fingerprint density at radius 2 is 1.92 bits per heavy atom. The molecule has 1 atom stereocenters. The SMILES string of the molecule is Cc1c(C(C)NC(=O)NCc2ccccc2)cnn1-c1ccccn1. The van der Waals surface area contributed by atoms with E-state index in [1.54, 1.807) is 17.1 Å². The monoisotopic (exact) mass is 335 g/mol. The van der Waals surface area contributed by atoms with Crippen molar-refractivity contribution in [2.24, 2.45) is 0 Å². The van der Waals surface area contributed by atoms with Gasteiger partial charge in [0.15, 0.2) is 5.82 Å². The van der Waals surface area contributed by atoms with Crippen molar-refractivity contribution in [3.05, 3.63) is 77.7 Å². The van der Waals surface area contributed by atoms with E-state index in [2.05, 4.69) is 20.7 Å². The van der Waals surface area contributed by atoms with E-state index in [1.165, 1.54) is 0 Å². The molecule has 2 aromatic heterocycles. The van der Waals surface area contributed by atoms with E-state index in [4.69, 9.17) is 0 Å². The van der Waals surface area contributed by atoms with Crippen LogP contribution >= 0.6 is 0 Å². The number of pyridine rings is 1. The quantitative estimate of drug-likeness (QED) is 0.752. The van der Waals surface area contributed by atoms with E-state index >= 15 is 0 Å². The van der Waals surface area contributed by atoms with Crippen LogP contribution in [-0.4, -0.2) is 20.8 Å². The molecule has 128 valence electrons. The molecule has 0 saturated carbocycles. The lowest BCUT2D eigenvalue weighted by molar-refractivity contribution is 0.237. The molecule has 0 radical (unpaired) electrons. The van der Waals surface area contributed by atoms with Gasteiger partial charge < -0.3 is 10.6 Å². The molecule has 3 aromatic rings. The molecular formula is C19H21N5O. The lowest BCUT2D eigenvalue weighted by Crippen LogP contribution is -2.36. The summed E-state index contributed by atoms with van der Waals surface area (Å²) in [6.07, 6.45) is 3.50. The summed E-state index contributed by atoms with van der Waals surface area (Å²) < 4.78 is 1.77. The third-order valence-electron chi connectivity index (χ3n) is 4.02. The van der Waals surface area contributed by atoms with Crippen molar-refractivity contribution in [3.63, 3.8) is 0 Å². The van der Waals surface area contributed by atoms with Crippen LogP contribution in [0.2, 0.25) is 0 Å². The predicted octanol–water partition coefficient (Wildman–Crippen LogP) is 3.14. The normalized spacial score (nSPS) is 11.8. The molecule has 0 aliphatic rings. The molecule has 1 aromatic carbocycles. The van der Waals surface area contributed by atoms with Gasteiger partial charge in [-0.3, -0.25) is 0 Å². The number of hydrogen-bond acceptors (Lipinski definition) is 3. The van der Waals surface area contributed by atoms with E-state index in [0.717, 1.165) is 22.6 Å². The number of urea groups is 1. The minimum atomic E-state index is -0.207. The van der Waals surface area contributed by atoms with Crippen molar-refractivity contribution in [3.8, 4) is 5.82 Å². The zero-order chi connectivity index (χ0) is 17.6. The number of amides is 2. The highest BCUT2D eigenvalue weighted by molar-refractivity contribution is 5.74. The van der Waals surface area contributed by atoms with Crippen LogP contribution in [0.15, 0.2) is 60.9 Å². The Morgan fingerprint density at radius 1 is 1.16 bits per heavy atom. The molecule has 2 heterocycles. The summed E-state index contributed by atoms with van der Waals surface area (Å²) in [5.41, 5.74) is 2.97. The third-order valence-corrected chi connectivity index (χ3v) is 4.02. The Bertz CT molecular complexity index is 830. The predicted molar refractivity (Wildman–Crippen MR) is 96.3 cm³/mol. The van der Waals surface area contributed by atoms with Crippen molar-refractivity contribution in [1.29, 1.82) is 0 Å². The molecule has 0 fully saturated rings. The number of nitrogens with one attached hydrogen (secondary N) is 2. The van der Waals surface area contributed by atoms with Crippen LogP contribution in [-0.2, 0) is 6.54 Å². The maximum Gasteiger partial charge on any atom is 0.315 e. The average molecular weight is 335 g/mol. The van der Waals surface area contributed by atoms with Gasteiger partial charge in [-0.15, -0.1) is 0 Å². The van der Waals surface area contributed by atoms with Crippen LogP contribution in [0.3, 0.4) is 0 Å². The maximum atomic E-state index is 12.1. The Labute approximate surface area is 146 Å². The van der Waals surface area contributed by atoms with Crippen LogP contribution in [0.1, 0.15) is 29.8 Å². The van der Waals surface area contributed by atoms with E-state index in [-0.39, 0.29) is 12.1 Å². The molecule has 1 unspecified atom stereocenters. The summed E-state index contributed by atoms with van der Waals surface area (Å²) in [5, 5.41) is 10.2. The van der Waals surface area contributed by atoms with Gasteiger partial charge in [0.2, 0.25) is 0 Å². The molecule has 0 bridgehead atoms. The Kier molecular flexibility index (Phi) is 5.09. The van der Waals surface area contributed by atoms with Crippen molar-refractivity contribution in [2.75, 3.05) is 0 Å². The summed E-state index contributed by atoms with van der Waals surface area (Å²) in [6.45, 7) is 4.40. The fourth-order valence-electron chi connectivity index (χ4n) is 2.66. The van der Waals surface area contributed by atoms with Crippen LogP contribution in [0.4, 0.5) is 4.79 Å². The lowest BCUT2D eigenvalue weighted by atomic mass is 10.1. The van der Waals surface area contributed by atoms with Crippen molar-refractivity contribution >= 4 is 6.03 Å². The molecular weight excluding hydrogens is 314 g/mol. The lowest BCUT2D eigenvalue weighted by Gasteiger charge is -2.15. The number of rotatable bonds is 5. The zero-order valence-corrected chi connectivity index (χ0v) is 14.3. The number of nitrogens with zero attached hydrogens (tertiary/aromatic N) is 3. The minimum Gasteiger partial charge on any atom is -0.334 e. The number of carbonyl (C=O) groups is 1. The molecule has 6 nitrogen and oxygen atoms in total. The zero-order valence-electron chi connectivity index (χ0n) is 14.3. The second-order valence-corrected chi connectivity index (χ2v) is 5.82. The number of aromatic nitrogens is 3. The van der Waals surface area contributed by atoms with Gasteiger partial charge in [-0.2, -0.15) is 5.10 Å². The van der Waals surface area contributed by atoms with Gasteiger partial charge >= 0.3 is 6.03 Å². The van der Waals surface area contributed by atoms with E-state index < -0.39 is 0 Å². The third kappa shape index (κ3) is 4.03. The van der Waals surface area contributed by atoms with Gasteiger partial charge in [-0.05, 0) is 31.5 Å². The molecule has 25 heavy (non-hydrogen) atoms. The van der Waals surface area contributed by atoms with Crippen LogP contribution in [0, 0.1) is 6.92 Å². The number of carbonyl (C=O) groups excluding carboxylic acids is 1. The minimum absolute atomic E-state index is 0.159. The summed E-state index contributed by atoms with van der Waals surface area (Å²) in [5.74, 6) is 0.756. The molecule has 6 heteroatoms. The standard InChI is InChI=1S/C19H21N5O/c1-14(23-19(25)21-12-16-8-4-3-5-9-16)17-13-22-24(15(17)2)18-10-6-7-11-20-18/h3-11,13-14H,12H2,1-2H3,(H2,21,23,25). The molecule has 0 aliphatic heterocycles. The Morgan fingerprint density at radius 3 is 2.64 bits per heavy atom. The Balaban J connectivity index is 1.62. The second kappa shape index (κ2) is 7.61. The average Bonchev–Trinajstić information content (AvgIpc) is 3.03. The fourth-order valence-corrected chi connectivity index (χ4v) is 2.66. The van der Waals surface area contributed by atoms with E-state index in [1.807, 2.05) is 62.4 Å². The van der Waals surface area contributed by atoms with E-state index in [0.29, 0.717) is 6.54 Å². The molecule has 0 saturated heterocycles. The fraction of sp³-hybridized carbons (Fsp3) is 0.211.